The van der Waals surface area contributed by atoms with Gasteiger partial charge in [-0.3, -0.25) is 10.1 Å². The molecule has 0 heterocycles. The van der Waals surface area contributed by atoms with Gasteiger partial charge in [-0.2, -0.15) is 0 Å². The number of hydrogen-bond donors (Lipinski definition) is 1. The van der Waals surface area contributed by atoms with E-state index in [1.165, 1.54) is 12.1 Å². The Morgan fingerprint density at radius 3 is 2.55 bits per heavy atom. The van der Waals surface area contributed by atoms with Gasteiger partial charge in [0.15, 0.2) is 0 Å². The van der Waals surface area contributed by atoms with Gasteiger partial charge in [-0.05, 0) is 42.3 Å². The van der Waals surface area contributed by atoms with Gasteiger partial charge in [-0.15, -0.1) is 0 Å². The number of aryl methyl sites for hydroxylation is 1. The average Bonchev–Trinajstić information content (AvgIpc) is 2.36. The molecule has 0 aliphatic heterocycles. The van der Waals surface area contributed by atoms with Crippen molar-refractivity contribution in [3.8, 4) is 0 Å². The molecule has 0 amide bonds. The molecule has 6 heteroatoms. The molecule has 0 saturated carbocycles. The maximum absolute atomic E-state index is 10.7. The van der Waals surface area contributed by atoms with Crippen molar-refractivity contribution in [1.82, 2.24) is 0 Å². The first kappa shape index (κ1) is 15.0. The van der Waals surface area contributed by atoms with Crippen molar-refractivity contribution in [1.29, 1.82) is 0 Å². The van der Waals surface area contributed by atoms with Crippen molar-refractivity contribution in [2.45, 2.75) is 13.5 Å². The van der Waals surface area contributed by atoms with E-state index >= 15 is 0 Å². The number of anilines is 1. The molecule has 1 N–H and O–H groups in total. The van der Waals surface area contributed by atoms with Crippen LogP contribution in [0.2, 0.25) is 0 Å². The van der Waals surface area contributed by atoms with Crippen molar-refractivity contribution < 1.29 is 4.92 Å². The van der Waals surface area contributed by atoms with Crippen LogP contribution in [0.15, 0.2) is 45.3 Å². The summed E-state index contributed by atoms with van der Waals surface area (Å²) in [6.07, 6.45) is 0. The zero-order chi connectivity index (χ0) is 14.7. The second-order valence-electron chi connectivity index (χ2n) is 4.40. The number of nitrogens with one attached hydrogen (secondary N) is 1. The predicted octanol–water partition coefficient (Wildman–Crippen LogP) is 5.04. The van der Waals surface area contributed by atoms with E-state index in [0.717, 1.165) is 25.8 Å². The van der Waals surface area contributed by atoms with Crippen molar-refractivity contribution in [3.63, 3.8) is 0 Å². The molecule has 0 atom stereocenters. The number of benzene rings is 2. The van der Waals surface area contributed by atoms with Crippen molar-refractivity contribution in [2.75, 3.05) is 5.32 Å². The van der Waals surface area contributed by atoms with Gasteiger partial charge in [0.2, 0.25) is 0 Å². The lowest BCUT2D eigenvalue weighted by atomic mass is 10.2. The SMILES string of the molecule is Cc1cc(Br)cc(NCc2ccc([N+](=O)[O-])cc2Br)c1. The summed E-state index contributed by atoms with van der Waals surface area (Å²) in [5, 5.41) is 14.0. The third kappa shape index (κ3) is 3.80. The molecule has 0 radical (unpaired) electrons. The molecule has 4 nitrogen and oxygen atoms in total. The second kappa shape index (κ2) is 6.37. The Morgan fingerprint density at radius 2 is 1.95 bits per heavy atom. The Balaban J connectivity index is 2.12. The highest BCUT2D eigenvalue weighted by molar-refractivity contribution is 9.10. The van der Waals surface area contributed by atoms with E-state index in [4.69, 9.17) is 0 Å². The minimum atomic E-state index is -0.403. The number of nitro groups is 1. The van der Waals surface area contributed by atoms with Crippen molar-refractivity contribution >= 4 is 43.2 Å². The molecule has 0 aliphatic rings. The zero-order valence-electron chi connectivity index (χ0n) is 10.7. The third-order valence-corrected chi connectivity index (χ3v) is 3.97. The molecule has 0 unspecified atom stereocenters. The molecule has 0 saturated heterocycles. The van der Waals surface area contributed by atoms with Crippen molar-refractivity contribution in [2.24, 2.45) is 0 Å². The van der Waals surface area contributed by atoms with E-state index in [-0.39, 0.29) is 5.69 Å². The van der Waals surface area contributed by atoms with Gasteiger partial charge in [0.25, 0.3) is 5.69 Å². The Morgan fingerprint density at radius 1 is 1.20 bits per heavy atom. The topological polar surface area (TPSA) is 55.2 Å². The molecule has 104 valence electrons. The fourth-order valence-corrected chi connectivity index (χ4v) is 2.94. The molecule has 2 aromatic rings. The molecule has 20 heavy (non-hydrogen) atoms. The zero-order valence-corrected chi connectivity index (χ0v) is 13.9. The van der Waals surface area contributed by atoms with Gasteiger partial charge in [0.1, 0.15) is 0 Å². The summed E-state index contributed by atoms with van der Waals surface area (Å²) in [7, 11) is 0. The van der Waals surface area contributed by atoms with E-state index in [2.05, 4.69) is 37.2 Å². The molecular weight excluding hydrogens is 388 g/mol. The minimum absolute atomic E-state index is 0.0823. The van der Waals surface area contributed by atoms with Crippen LogP contribution in [-0.2, 0) is 6.54 Å². The fraction of sp³-hybridized carbons (Fsp3) is 0.143. The fourth-order valence-electron chi connectivity index (χ4n) is 1.83. The standard InChI is InChI=1S/C14H12Br2N2O2/c1-9-4-11(15)6-12(5-9)17-8-10-2-3-13(18(19)20)7-14(10)16/h2-7,17H,8H2,1H3. The molecule has 2 aromatic carbocycles. The number of non-ortho nitro benzene ring substituents is 1. The lowest BCUT2D eigenvalue weighted by Gasteiger charge is -2.09. The van der Waals surface area contributed by atoms with Crippen LogP contribution < -0.4 is 5.32 Å². The number of nitro benzene ring substituents is 1. The molecule has 0 aliphatic carbocycles. The van der Waals surface area contributed by atoms with E-state index in [9.17, 15) is 10.1 Å². The number of rotatable bonds is 4. The first-order chi connectivity index (χ1) is 9.45. The summed E-state index contributed by atoms with van der Waals surface area (Å²) in [5.74, 6) is 0. The Hall–Kier alpha value is -1.40. The van der Waals surface area contributed by atoms with Crippen LogP contribution in [0.4, 0.5) is 11.4 Å². The molecule has 0 bridgehead atoms. The van der Waals surface area contributed by atoms with Crippen LogP contribution in [0.5, 0.6) is 0 Å². The highest BCUT2D eigenvalue weighted by atomic mass is 79.9. The number of hydrogen-bond acceptors (Lipinski definition) is 3. The maximum Gasteiger partial charge on any atom is 0.270 e. The van der Waals surface area contributed by atoms with Gasteiger partial charge in [0, 0.05) is 33.3 Å². The van der Waals surface area contributed by atoms with Crippen LogP contribution in [-0.4, -0.2) is 4.92 Å². The van der Waals surface area contributed by atoms with Gasteiger partial charge in [0.05, 0.1) is 4.92 Å². The maximum atomic E-state index is 10.7. The van der Waals surface area contributed by atoms with Crippen LogP contribution in [0.3, 0.4) is 0 Å². The lowest BCUT2D eigenvalue weighted by Crippen LogP contribution is -2.01. The van der Waals surface area contributed by atoms with Crippen LogP contribution >= 0.6 is 31.9 Å². The number of halogens is 2. The third-order valence-electron chi connectivity index (χ3n) is 2.77. The van der Waals surface area contributed by atoms with Gasteiger partial charge < -0.3 is 5.32 Å². The molecule has 2 rings (SSSR count). The smallest absolute Gasteiger partial charge is 0.270 e. The van der Waals surface area contributed by atoms with Crippen LogP contribution in [0, 0.1) is 17.0 Å². The summed E-state index contributed by atoms with van der Waals surface area (Å²) in [6, 6.07) is 10.8. The van der Waals surface area contributed by atoms with Gasteiger partial charge >= 0.3 is 0 Å². The average molecular weight is 400 g/mol. The van der Waals surface area contributed by atoms with Crippen LogP contribution in [0.1, 0.15) is 11.1 Å². The Kier molecular flexibility index (Phi) is 4.77. The normalized spacial score (nSPS) is 10.3. The monoisotopic (exact) mass is 398 g/mol. The summed E-state index contributed by atoms with van der Waals surface area (Å²) in [5.41, 5.74) is 3.21. The Labute approximate surface area is 133 Å². The summed E-state index contributed by atoms with van der Waals surface area (Å²) >= 11 is 6.82. The first-order valence-electron chi connectivity index (χ1n) is 5.89. The summed E-state index contributed by atoms with van der Waals surface area (Å²) < 4.78 is 1.74. The quantitative estimate of drug-likeness (QED) is 0.578. The van der Waals surface area contributed by atoms with E-state index in [0.29, 0.717) is 6.54 Å². The highest BCUT2D eigenvalue weighted by Crippen LogP contribution is 2.25. The summed E-state index contributed by atoms with van der Waals surface area (Å²) in [6.45, 7) is 2.62. The van der Waals surface area contributed by atoms with Crippen LogP contribution in [0.25, 0.3) is 0 Å². The van der Waals surface area contributed by atoms with E-state index in [1.54, 1.807) is 6.07 Å². The van der Waals surface area contributed by atoms with E-state index < -0.39 is 4.92 Å². The van der Waals surface area contributed by atoms with Crippen molar-refractivity contribution in [3.05, 3.63) is 66.6 Å². The van der Waals surface area contributed by atoms with Gasteiger partial charge in [-0.1, -0.05) is 31.9 Å². The first-order valence-corrected chi connectivity index (χ1v) is 7.48. The summed E-state index contributed by atoms with van der Waals surface area (Å²) in [4.78, 5) is 10.3. The molecule has 0 aromatic heterocycles. The highest BCUT2D eigenvalue weighted by Gasteiger charge is 2.09. The largest absolute Gasteiger partial charge is 0.381 e. The minimum Gasteiger partial charge on any atom is -0.381 e. The second-order valence-corrected chi connectivity index (χ2v) is 6.17. The van der Waals surface area contributed by atoms with E-state index in [1.807, 2.05) is 25.1 Å². The van der Waals surface area contributed by atoms with Gasteiger partial charge in [-0.25, -0.2) is 0 Å². The molecule has 0 spiro atoms. The number of nitrogens with zero attached hydrogens (tertiary/aromatic N) is 1. The lowest BCUT2D eigenvalue weighted by molar-refractivity contribution is -0.384. The molecule has 0 fully saturated rings. The Bertz CT molecular complexity index is 639. The molecular formula is C14H12Br2N2O2. The predicted molar refractivity (Wildman–Crippen MR) is 87.0 cm³/mol.